The number of amides is 1. The highest BCUT2D eigenvalue weighted by atomic mass is 16.2. The summed E-state index contributed by atoms with van der Waals surface area (Å²) in [5, 5.41) is 3.54. The van der Waals surface area contributed by atoms with Crippen LogP contribution in [0.15, 0.2) is 18.2 Å². The summed E-state index contributed by atoms with van der Waals surface area (Å²) < 4.78 is 0. The zero-order chi connectivity index (χ0) is 15.2. The van der Waals surface area contributed by atoms with Gasteiger partial charge in [-0.3, -0.25) is 4.79 Å². The van der Waals surface area contributed by atoms with Gasteiger partial charge in [-0.15, -0.1) is 0 Å². The topological polar surface area (TPSA) is 32.3 Å². The fourth-order valence-electron chi connectivity index (χ4n) is 2.87. The fraction of sp³-hybridized carbons (Fsp3) is 0.611. The van der Waals surface area contributed by atoms with Crippen molar-refractivity contribution in [3.05, 3.63) is 34.9 Å². The number of hydrogen-bond donors (Lipinski definition) is 1. The second-order valence-corrected chi connectivity index (χ2v) is 6.35. The highest BCUT2D eigenvalue weighted by Crippen LogP contribution is 2.13. The van der Waals surface area contributed by atoms with Gasteiger partial charge in [-0.05, 0) is 56.3 Å². The number of carbonyl (C=O) groups is 1. The Labute approximate surface area is 128 Å². The van der Waals surface area contributed by atoms with Crippen LogP contribution in [0.2, 0.25) is 0 Å². The molecule has 0 aromatic heterocycles. The van der Waals surface area contributed by atoms with Gasteiger partial charge in [0.2, 0.25) is 5.91 Å². The number of piperidine rings is 1. The molecule has 0 radical (unpaired) electrons. The first-order chi connectivity index (χ1) is 10.1. The van der Waals surface area contributed by atoms with E-state index >= 15 is 0 Å². The quantitative estimate of drug-likeness (QED) is 0.903. The lowest BCUT2D eigenvalue weighted by Crippen LogP contribution is -2.38. The van der Waals surface area contributed by atoms with Gasteiger partial charge >= 0.3 is 0 Å². The summed E-state index contributed by atoms with van der Waals surface area (Å²) in [4.78, 5) is 14.2. The Morgan fingerprint density at radius 3 is 2.76 bits per heavy atom. The Balaban J connectivity index is 1.80. The number of hydrogen-bond acceptors (Lipinski definition) is 2. The molecule has 116 valence electrons. The van der Waals surface area contributed by atoms with E-state index < -0.39 is 0 Å². The standard InChI is InChI=1S/C18H28N2O/c1-14-7-8-16(12-15(14)2)13-18(21)20(3)11-9-17-6-4-5-10-19-17/h7-8,12,17,19H,4-6,9-11,13H2,1-3H3. The number of rotatable bonds is 5. The zero-order valence-electron chi connectivity index (χ0n) is 13.6. The first-order valence-electron chi connectivity index (χ1n) is 8.10. The molecule has 1 aliphatic rings. The van der Waals surface area contributed by atoms with Gasteiger partial charge in [0, 0.05) is 19.6 Å². The van der Waals surface area contributed by atoms with E-state index in [1.807, 2.05) is 11.9 Å². The van der Waals surface area contributed by atoms with Gasteiger partial charge in [-0.1, -0.05) is 24.6 Å². The molecular formula is C18H28N2O. The number of nitrogens with zero attached hydrogens (tertiary/aromatic N) is 1. The van der Waals surface area contributed by atoms with Crippen molar-refractivity contribution in [1.29, 1.82) is 0 Å². The number of likely N-dealkylation sites (N-methyl/N-ethyl adjacent to an activating group) is 1. The molecule has 1 atom stereocenters. The summed E-state index contributed by atoms with van der Waals surface area (Å²) in [7, 11) is 1.92. The van der Waals surface area contributed by atoms with E-state index in [9.17, 15) is 4.79 Å². The second kappa shape index (κ2) is 7.60. The van der Waals surface area contributed by atoms with Crippen LogP contribution in [0.4, 0.5) is 0 Å². The molecule has 1 aromatic rings. The van der Waals surface area contributed by atoms with Gasteiger partial charge in [0.15, 0.2) is 0 Å². The SMILES string of the molecule is Cc1ccc(CC(=O)N(C)CCC2CCCCN2)cc1C. The molecule has 3 nitrogen and oxygen atoms in total. The predicted octanol–water partition coefficient (Wildman–Crippen LogP) is 2.84. The van der Waals surface area contributed by atoms with Crippen LogP contribution < -0.4 is 5.32 Å². The molecule has 1 fully saturated rings. The van der Waals surface area contributed by atoms with Gasteiger partial charge in [0.05, 0.1) is 6.42 Å². The molecule has 1 N–H and O–H groups in total. The maximum absolute atomic E-state index is 12.3. The highest BCUT2D eigenvalue weighted by Gasteiger charge is 2.15. The molecule has 1 aliphatic heterocycles. The van der Waals surface area contributed by atoms with Crippen LogP contribution in [0.5, 0.6) is 0 Å². The van der Waals surface area contributed by atoms with Crippen molar-refractivity contribution in [3.63, 3.8) is 0 Å². The summed E-state index contributed by atoms with van der Waals surface area (Å²) in [6.07, 6.45) is 5.43. The van der Waals surface area contributed by atoms with E-state index in [1.54, 1.807) is 0 Å². The molecule has 1 aromatic carbocycles. The van der Waals surface area contributed by atoms with E-state index in [4.69, 9.17) is 0 Å². The lowest BCUT2D eigenvalue weighted by Gasteiger charge is -2.26. The minimum absolute atomic E-state index is 0.217. The van der Waals surface area contributed by atoms with Crippen molar-refractivity contribution >= 4 is 5.91 Å². The van der Waals surface area contributed by atoms with Crippen molar-refractivity contribution in [1.82, 2.24) is 10.2 Å². The summed E-state index contributed by atoms with van der Waals surface area (Å²) in [5.74, 6) is 0.217. The Hall–Kier alpha value is -1.35. The summed E-state index contributed by atoms with van der Waals surface area (Å²) >= 11 is 0. The molecule has 1 heterocycles. The monoisotopic (exact) mass is 288 g/mol. The fourth-order valence-corrected chi connectivity index (χ4v) is 2.87. The van der Waals surface area contributed by atoms with Crippen LogP contribution in [0.3, 0.4) is 0 Å². The third kappa shape index (κ3) is 4.85. The van der Waals surface area contributed by atoms with E-state index in [-0.39, 0.29) is 5.91 Å². The zero-order valence-corrected chi connectivity index (χ0v) is 13.6. The molecule has 1 saturated heterocycles. The second-order valence-electron chi connectivity index (χ2n) is 6.35. The Bertz CT molecular complexity index is 478. The molecule has 0 saturated carbocycles. The summed E-state index contributed by atoms with van der Waals surface area (Å²) in [6, 6.07) is 6.89. The number of benzene rings is 1. The van der Waals surface area contributed by atoms with Crippen molar-refractivity contribution in [2.45, 2.75) is 52.0 Å². The van der Waals surface area contributed by atoms with Gasteiger partial charge in [-0.25, -0.2) is 0 Å². The molecule has 3 heteroatoms. The lowest BCUT2D eigenvalue weighted by molar-refractivity contribution is -0.129. The van der Waals surface area contributed by atoms with E-state index in [0.29, 0.717) is 12.5 Å². The third-order valence-electron chi connectivity index (χ3n) is 4.58. The molecule has 0 spiro atoms. The van der Waals surface area contributed by atoms with Crippen LogP contribution in [0.1, 0.15) is 42.4 Å². The normalized spacial score (nSPS) is 18.5. The smallest absolute Gasteiger partial charge is 0.226 e. The molecule has 0 aliphatic carbocycles. The molecule has 1 amide bonds. The van der Waals surface area contributed by atoms with Gasteiger partial charge < -0.3 is 10.2 Å². The molecule has 1 unspecified atom stereocenters. The molecular weight excluding hydrogens is 260 g/mol. The van der Waals surface area contributed by atoms with Gasteiger partial charge in [-0.2, -0.15) is 0 Å². The molecule has 0 bridgehead atoms. The lowest BCUT2D eigenvalue weighted by atomic mass is 10.0. The van der Waals surface area contributed by atoms with Crippen LogP contribution in [0.25, 0.3) is 0 Å². The van der Waals surface area contributed by atoms with Crippen LogP contribution >= 0.6 is 0 Å². The minimum Gasteiger partial charge on any atom is -0.345 e. The first kappa shape index (κ1) is 16.0. The Morgan fingerprint density at radius 2 is 2.10 bits per heavy atom. The number of nitrogens with one attached hydrogen (secondary N) is 1. The molecule has 2 rings (SSSR count). The van der Waals surface area contributed by atoms with Crippen molar-refractivity contribution in [3.8, 4) is 0 Å². The van der Waals surface area contributed by atoms with Crippen molar-refractivity contribution in [2.75, 3.05) is 20.1 Å². The largest absolute Gasteiger partial charge is 0.345 e. The van der Waals surface area contributed by atoms with Gasteiger partial charge in [0.1, 0.15) is 0 Å². The maximum Gasteiger partial charge on any atom is 0.226 e. The third-order valence-corrected chi connectivity index (χ3v) is 4.58. The number of aryl methyl sites for hydroxylation is 2. The summed E-state index contributed by atoms with van der Waals surface area (Å²) in [6.45, 7) is 6.18. The highest BCUT2D eigenvalue weighted by molar-refractivity contribution is 5.78. The minimum atomic E-state index is 0.217. The average Bonchev–Trinajstić information content (AvgIpc) is 2.49. The van der Waals surface area contributed by atoms with E-state index in [1.165, 1.54) is 30.4 Å². The first-order valence-corrected chi connectivity index (χ1v) is 8.10. The van der Waals surface area contributed by atoms with E-state index in [0.717, 1.165) is 25.1 Å². The predicted molar refractivity (Wildman–Crippen MR) is 87.5 cm³/mol. The van der Waals surface area contributed by atoms with E-state index in [2.05, 4.69) is 37.4 Å². The van der Waals surface area contributed by atoms with Gasteiger partial charge in [0.25, 0.3) is 0 Å². The number of carbonyl (C=O) groups excluding carboxylic acids is 1. The van der Waals surface area contributed by atoms with Crippen LogP contribution in [-0.4, -0.2) is 37.0 Å². The van der Waals surface area contributed by atoms with Crippen molar-refractivity contribution in [2.24, 2.45) is 0 Å². The molecule has 21 heavy (non-hydrogen) atoms. The van der Waals surface area contributed by atoms with Crippen LogP contribution in [-0.2, 0) is 11.2 Å². The maximum atomic E-state index is 12.3. The summed E-state index contributed by atoms with van der Waals surface area (Å²) in [5.41, 5.74) is 3.66. The average molecular weight is 288 g/mol. The Kier molecular flexibility index (Phi) is 5.80. The van der Waals surface area contributed by atoms with Crippen LogP contribution in [0, 0.1) is 13.8 Å². The van der Waals surface area contributed by atoms with Crippen molar-refractivity contribution < 1.29 is 4.79 Å². The Morgan fingerprint density at radius 1 is 1.29 bits per heavy atom.